The number of hydrogen-bond acceptors (Lipinski definition) is 2. The lowest BCUT2D eigenvalue weighted by Gasteiger charge is -2.57. The summed E-state index contributed by atoms with van der Waals surface area (Å²) in [6.45, 7) is 16.0. The Labute approximate surface area is 190 Å². The second-order valence-electron chi connectivity index (χ2n) is 12.7. The van der Waals surface area contributed by atoms with Crippen LogP contribution >= 0.6 is 0 Å². The van der Waals surface area contributed by atoms with E-state index in [1.165, 1.54) is 6.42 Å². The number of aliphatic hydroxyl groups is 1. The van der Waals surface area contributed by atoms with Crippen molar-refractivity contribution in [1.29, 1.82) is 0 Å². The van der Waals surface area contributed by atoms with E-state index in [9.17, 15) is 9.50 Å². The highest BCUT2D eigenvalue weighted by molar-refractivity contribution is 6.74. The van der Waals surface area contributed by atoms with E-state index in [2.05, 4.69) is 59.9 Å². The third kappa shape index (κ3) is 3.65. The lowest BCUT2D eigenvalue weighted by Crippen LogP contribution is -2.51. The van der Waals surface area contributed by atoms with E-state index in [1.807, 2.05) is 6.08 Å². The summed E-state index contributed by atoms with van der Waals surface area (Å²) in [5, 5.41) is 9.65. The normalized spacial score (nSPS) is 41.9. The molecule has 6 atom stereocenters. The Kier molecular flexibility index (Phi) is 5.80. The maximum atomic E-state index is 14.4. The molecule has 0 saturated heterocycles. The Morgan fingerprint density at radius 3 is 2.52 bits per heavy atom. The SMILES string of the molecule is CC(C)(C)[Si](C)(C)OC1CC[C@@]2(C)C(=CC[C@@H]3[C@@H]2CC[C@]2(C)C(=C(F)CO)C=C[C@@H]32)C1. The van der Waals surface area contributed by atoms with Gasteiger partial charge in [-0.2, -0.15) is 0 Å². The summed E-state index contributed by atoms with van der Waals surface area (Å²) in [5.41, 5.74) is 2.49. The summed E-state index contributed by atoms with van der Waals surface area (Å²) in [6, 6.07) is 0. The van der Waals surface area contributed by atoms with Crippen LogP contribution in [-0.2, 0) is 4.43 Å². The maximum Gasteiger partial charge on any atom is 0.192 e. The second kappa shape index (κ2) is 7.67. The predicted molar refractivity (Wildman–Crippen MR) is 129 cm³/mol. The fraction of sp³-hybridized carbons (Fsp3) is 0.778. The van der Waals surface area contributed by atoms with Gasteiger partial charge in [-0.1, -0.05) is 58.4 Å². The van der Waals surface area contributed by atoms with Crippen LogP contribution in [0.2, 0.25) is 18.1 Å². The number of fused-ring (bicyclic) bond motifs is 5. The molecule has 0 bridgehead atoms. The van der Waals surface area contributed by atoms with Crippen LogP contribution in [0.15, 0.2) is 35.2 Å². The van der Waals surface area contributed by atoms with Crippen molar-refractivity contribution in [2.45, 2.75) is 97.4 Å². The minimum absolute atomic E-state index is 0.154. The van der Waals surface area contributed by atoms with E-state index in [0.717, 1.165) is 37.7 Å². The van der Waals surface area contributed by atoms with Gasteiger partial charge in [-0.05, 0) is 85.4 Å². The van der Waals surface area contributed by atoms with Crippen LogP contribution in [0.3, 0.4) is 0 Å². The van der Waals surface area contributed by atoms with Crippen LogP contribution in [-0.4, -0.2) is 26.1 Å². The molecular weight excluding hydrogens is 403 g/mol. The summed E-state index contributed by atoms with van der Waals surface area (Å²) in [4.78, 5) is 0. The fourth-order valence-corrected chi connectivity index (χ4v) is 8.51. The van der Waals surface area contributed by atoms with E-state index in [-0.39, 0.29) is 21.7 Å². The second-order valence-corrected chi connectivity index (χ2v) is 17.5. The Hall–Kier alpha value is -0.713. The third-order valence-electron chi connectivity index (χ3n) is 10.1. The molecule has 4 aliphatic carbocycles. The number of aliphatic hydroxyl groups excluding tert-OH is 1. The van der Waals surface area contributed by atoms with Crippen LogP contribution < -0.4 is 0 Å². The van der Waals surface area contributed by atoms with Crippen molar-refractivity contribution < 1.29 is 13.9 Å². The summed E-state index contributed by atoms with van der Waals surface area (Å²) in [7, 11) is -1.75. The highest BCUT2D eigenvalue weighted by Crippen LogP contribution is 2.65. The van der Waals surface area contributed by atoms with E-state index in [4.69, 9.17) is 4.43 Å². The number of rotatable bonds is 3. The first kappa shape index (κ1) is 23.4. The first-order valence-corrected chi connectivity index (χ1v) is 15.3. The molecule has 4 aliphatic rings. The van der Waals surface area contributed by atoms with Crippen molar-refractivity contribution in [3.05, 3.63) is 35.2 Å². The average Bonchev–Trinajstić information content (AvgIpc) is 3.04. The van der Waals surface area contributed by atoms with Crippen molar-refractivity contribution >= 4 is 8.32 Å². The fourth-order valence-electron chi connectivity index (χ4n) is 7.12. The standard InChI is InChI=1S/C27H43FO2Si/c1-25(2,3)31(6,7)30-19-12-14-26(4)18(16-19)8-9-20-21-10-11-23(24(28)17-29)27(21,5)15-13-22(20)26/h8,10-11,19-22,29H,9,12-17H2,1-7H3/t19?,20-,21-,22-,26-,27-/m0/s1. The molecule has 0 radical (unpaired) electrons. The van der Waals surface area contributed by atoms with Gasteiger partial charge in [-0.25, -0.2) is 4.39 Å². The van der Waals surface area contributed by atoms with Gasteiger partial charge >= 0.3 is 0 Å². The van der Waals surface area contributed by atoms with E-state index in [0.29, 0.717) is 23.9 Å². The van der Waals surface area contributed by atoms with Gasteiger partial charge in [0.05, 0.1) is 6.61 Å². The van der Waals surface area contributed by atoms with Crippen molar-refractivity contribution in [1.82, 2.24) is 0 Å². The van der Waals surface area contributed by atoms with Crippen molar-refractivity contribution in [3.63, 3.8) is 0 Å². The number of halogens is 1. The van der Waals surface area contributed by atoms with E-state index < -0.39 is 14.9 Å². The summed E-state index contributed by atoms with van der Waals surface area (Å²) < 4.78 is 21.3. The lowest BCUT2D eigenvalue weighted by atomic mass is 9.47. The molecule has 4 heteroatoms. The average molecular weight is 447 g/mol. The quantitative estimate of drug-likeness (QED) is 0.363. The zero-order valence-corrected chi connectivity index (χ0v) is 21.7. The van der Waals surface area contributed by atoms with Gasteiger partial charge in [0.25, 0.3) is 0 Å². The molecule has 4 rings (SSSR count). The van der Waals surface area contributed by atoms with Gasteiger partial charge in [0.15, 0.2) is 8.32 Å². The lowest BCUT2D eigenvalue weighted by molar-refractivity contribution is -0.0145. The highest BCUT2D eigenvalue weighted by Gasteiger charge is 2.56. The number of allylic oxidation sites excluding steroid dienone is 4. The molecule has 0 heterocycles. The van der Waals surface area contributed by atoms with Gasteiger partial charge in [0.2, 0.25) is 0 Å². The minimum atomic E-state index is -1.75. The molecule has 2 saturated carbocycles. The van der Waals surface area contributed by atoms with Gasteiger partial charge in [-0.3, -0.25) is 0 Å². The molecule has 0 spiro atoms. The molecule has 31 heavy (non-hydrogen) atoms. The van der Waals surface area contributed by atoms with Crippen LogP contribution in [0.4, 0.5) is 4.39 Å². The van der Waals surface area contributed by atoms with Crippen LogP contribution in [0.1, 0.15) is 73.1 Å². The van der Waals surface area contributed by atoms with Gasteiger partial charge in [0.1, 0.15) is 5.83 Å². The summed E-state index contributed by atoms with van der Waals surface area (Å²) in [5.74, 6) is 1.29. The maximum absolute atomic E-state index is 14.4. The Morgan fingerprint density at radius 2 is 1.87 bits per heavy atom. The Balaban J connectivity index is 1.56. The molecule has 2 nitrogen and oxygen atoms in total. The molecule has 0 aromatic heterocycles. The van der Waals surface area contributed by atoms with Crippen LogP contribution in [0.25, 0.3) is 0 Å². The topological polar surface area (TPSA) is 29.5 Å². The number of hydrogen-bond donors (Lipinski definition) is 1. The predicted octanol–water partition coefficient (Wildman–Crippen LogP) is 7.33. The minimum Gasteiger partial charge on any atom is -0.414 e. The Morgan fingerprint density at radius 1 is 1.19 bits per heavy atom. The van der Waals surface area contributed by atoms with E-state index >= 15 is 0 Å². The zero-order chi connectivity index (χ0) is 22.8. The molecule has 0 amide bonds. The molecule has 174 valence electrons. The molecule has 0 aromatic carbocycles. The van der Waals surface area contributed by atoms with Crippen LogP contribution in [0, 0.1) is 28.6 Å². The van der Waals surface area contributed by atoms with Crippen LogP contribution in [0.5, 0.6) is 0 Å². The smallest absolute Gasteiger partial charge is 0.192 e. The Bertz CT molecular complexity index is 820. The monoisotopic (exact) mass is 446 g/mol. The molecule has 0 aliphatic heterocycles. The molecule has 1 unspecified atom stereocenters. The molecule has 1 N–H and O–H groups in total. The largest absolute Gasteiger partial charge is 0.414 e. The molecule has 0 aromatic rings. The van der Waals surface area contributed by atoms with Gasteiger partial charge in [-0.15, -0.1) is 0 Å². The molecule has 2 fully saturated rings. The molecular formula is C27H43FO2Si. The third-order valence-corrected chi connectivity index (χ3v) is 14.6. The summed E-state index contributed by atoms with van der Waals surface area (Å²) >= 11 is 0. The van der Waals surface area contributed by atoms with Gasteiger partial charge < -0.3 is 9.53 Å². The van der Waals surface area contributed by atoms with Crippen molar-refractivity contribution in [3.8, 4) is 0 Å². The zero-order valence-electron chi connectivity index (χ0n) is 20.7. The van der Waals surface area contributed by atoms with E-state index in [1.54, 1.807) is 5.57 Å². The van der Waals surface area contributed by atoms with Crippen molar-refractivity contribution in [2.75, 3.05) is 6.61 Å². The van der Waals surface area contributed by atoms with Gasteiger partial charge in [0, 0.05) is 11.5 Å². The first-order chi connectivity index (χ1) is 14.3. The van der Waals surface area contributed by atoms with Crippen molar-refractivity contribution in [2.24, 2.45) is 28.6 Å². The highest BCUT2D eigenvalue weighted by atomic mass is 28.4. The first-order valence-electron chi connectivity index (χ1n) is 12.4. The summed E-state index contributed by atoms with van der Waals surface area (Å²) in [6.07, 6.45) is 13.9.